The molecule has 2 amide bonds. The monoisotopic (exact) mass is 272 g/mol. The summed E-state index contributed by atoms with van der Waals surface area (Å²) in [6, 6.07) is 0. The fourth-order valence-electron chi connectivity index (χ4n) is 0.949. The molecule has 0 radical (unpaired) electrons. The summed E-state index contributed by atoms with van der Waals surface area (Å²) in [7, 11) is 0. The molecule has 0 aromatic rings. The average Bonchev–Trinajstić information content (AvgIpc) is 2.29. The van der Waals surface area contributed by atoms with Gasteiger partial charge in [-0.3, -0.25) is 9.59 Å². The second-order valence-electron chi connectivity index (χ2n) is 4.60. The van der Waals surface area contributed by atoms with Crippen molar-refractivity contribution in [3.63, 3.8) is 0 Å². The molecule has 0 aliphatic carbocycles. The Morgan fingerprint density at radius 3 is 2.32 bits per heavy atom. The van der Waals surface area contributed by atoms with Gasteiger partial charge in [-0.25, -0.2) is 4.79 Å². The van der Waals surface area contributed by atoms with Crippen molar-refractivity contribution in [2.45, 2.75) is 26.4 Å². The van der Waals surface area contributed by atoms with E-state index < -0.39 is 23.6 Å². The first-order valence-corrected chi connectivity index (χ1v) is 5.74. The van der Waals surface area contributed by atoms with E-state index in [9.17, 15) is 14.4 Å². The molecule has 0 atom stereocenters. The van der Waals surface area contributed by atoms with E-state index >= 15 is 0 Å². The average molecular weight is 272 g/mol. The molecular formula is C12H20N2O5. The number of hydrogen-bond donors (Lipinski definition) is 2. The van der Waals surface area contributed by atoms with Gasteiger partial charge in [-0.05, 0) is 20.8 Å². The molecule has 0 heterocycles. The van der Waals surface area contributed by atoms with E-state index in [0.717, 1.165) is 0 Å². The van der Waals surface area contributed by atoms with Crippen molar-refractivity contribution in [1.82, 2.24) is 10.6 Å². The summed E-state index contributed by atoms with van der Waals surface area (Å²) in [4.78, 5) is 33.5. The van der Waals surface area contributed by atoms with E-state index in [2.05, 4.69) is 21.9 Å². The zero-order chi connectivity index (χ0) is 14.9. The third-order valence-electron chi connectivity index (χ3n) is 1.58. The van der Waals surface area contributed by atoms with Gasteiger partial charge in [0, 0.05) is 0 Å². The van der Waals surface area contributed by atoms with Crippen LogP contribution in [0.3, 0.4) is 0 Å². The molecule has 0 saturated heterocycles. The van der Waals surface area contributed by atoms with Gasteiger partial charge in [0.15, 0.2) is 0 Å². The molecule has 0 aromatic heterocycles. The Kier molecular flexibility index (Phi) is 7.25. The largest absolute Gasteiger partial charge is 0.459 e. The van der Waals surface area contributed by atoms with E-state index in [1.165, 1.54) is 6.08 Å². The molecule has 0 aliphatic rings. The maximum absolute atomic E-state index is 11.3. The summed E-state index contributed by atoms with van der Waals surface area (Å²) in [5, 5.41) is 4.53. The predicted molar refractivity (Wildman–Crippen MR) is 68.4 cm³/mol. The fourth-order valence-corrected chi connectivity index (χ4v) is 0.949. The minimum absolute atomic E-state index is 0.0609. The molecule has 0 fully saturated rings. The number of esters is 1. The fraction of sp³-hybridized carbons (Fsp3) is 0.583. The Balaban J connectivity index is 3.78. The minimum Gasteiger partial charge on any atom is -0.459 e. The van der Waals surface area contributed by atoms with E-state index in [1.807, 2.05) is 0 Å². The Labute approximate surface area is 112 Å². The molecule has 7 nitrogen and oxygen atoms in total. The number of carbonyl (C=O) groups is 3. The van der Waals surface area contributed by atoms with Crippen molar-refractivity contribution in [3.05, 3.63) is 12.7 Å². The van der Waals surface area contributed by atoms with E-state index in [1.54, 1.807) is 20.8 Å². The maximum Gasteiger partial charge on any atom is 0.407 e. The third kappa shape index (κ3) is 10.8. The second kappa shape index (κ2) is 8.12. The Morgan fingerprint density at radius 2 is 1.79 bits per heavy atom. The summed E-state index contributed by atoms with van der Waals surface area (Å²) in [5.74, 6) is -1.06. The predicted octanol–water partition coefficient (Wildman–Crippen LogP) is 0.357. The van der Waals surface area contributed by atoms with Gasteiger partial charge >= 0.3 is 12.1 Å². The van der Waals surface area contributed by atoms with Crippen LogP contribution in [0, 0.1) is 0 Å². The van der Waals surface area contributed by atoms with Gasteiger partial charge in [0.2, 0.25) is 5.91 Å². The van der Waals surface area contributed by atoms with Crippen molar-refractivity contribution in [3.8, 4) is 0 Å². The smallest absolute Gasteiger partial charge is 0.407 e. The lowest BCUT2D eigenvalue weighted by Crippen LogP contribution is -2.40. The highest BCUT2D eigenvalue weighted by Crippen LogP contribution is 2.05. The van der Waals surface area contributed by atoms with E-state index in [0.29, 0.717) is 0 Å². The van der Waals surface area contributed by atoms with Gasteiger partial charge < -0.3 is 20.1 Å². The minimum atomic E-state index is -0.729. The lowest BCUT2D eigenvalue weighted by atomic mass is 10.2. The van der Waals surface area contributed by atoms with Crippen LogP contribution in [-0.4, -0.2) is 43.3 Å². The number of alkyl carbamates (subject to hydrolysis) is 1. The van der Waals surface area contributed by atoms with Gasteiger partial charge in [0.05, 0.1) is 0 Å². The van der Waals surface area contributed by atoms with Crippen molar-refractivity contribution < 1.29 is 23.9 Å². The first-order valence-electron chi connectivity index (χ1n) is 5.74. The first-order chi connectivity index (χ1) is 8.74. The lowest BCUT2D eigenvalue weighted by molar-refractivity contribution is -0.154. The quantitative estimate of drug-likeness (QED) is 0.537. The standard InChI is InChI=1S/C12H20N2O5/c1-5-6-18-11(17)14-7-9(15)13-8-10(16)19-12(2,3)4/h5H,1,6-8H2,2-4H3,(H,13,15)(H,14,17). The molecule has 0 unspecified atom stereocenters. The number of nitrogens with one attached hydrogen (secondary N) is 2. The number of ether oxygens (including phenoxy) is 2. The van der Waals surface area contributed by atoms with Crippen LogP contribution in [-0.2, 0) is 19.1 Å². The van der Waals surface area contributed by atoms with Crippen LogP contribution in [0.15, 0.2) is 12.7 Å². The highest BCUT2D eigenvalue weighted by molar-refractivity contribution is 5.85. The molecule has 0 bridgehead atoms. The Bertz CT molecular complexity index is 347. The summed E-state index contributed by atoms with van der Waals surface area (Å²) in [6.45, 7) is 8.08. The van der Waals surface area contributed by atoms with Gasteiger partial charge in [-0.2, -0.15) is 0 Å². The van der Waals surface area contributed by atoms with Crippen molar-refractivity contribution in [2.24, 2.45) is 0 Å². The van der Waals surface area contributed by atoms with Crippen molar-refractivity contribution in [1.29, 1.82) is 0 Å². The summed E-state index contributed by atoms with van der Waals surface area (Å²) >= 11 is 0. The Hall–Kier alpha value is -2.05. The molecular weight excluding hydrogens is 252 g/mol. The van der Waals surface area contributed by atoms with Crippen LogP contribution in [0.4, 0.5) is 4.79 Å². The molecule has 0 saturated carbocycles. The van der Waals surface area contributed by atoms with Gasteiger partial charge in [-0.1, -0.05) is 12.7 Å². The zero-order valence-electron chi connectivity index (χ0n) is 11.4. The molecule has 0 aliphatic heterocycles. The first kappa shape index (κ1) is 16.9. The van der Waals surface area contributed by atoms with Crippen molar-refractivity contribution in [2.75, 3.05) is 19.7 Å². The number of rotatable bonds is 6. The third-order valence-corrected chi connectivity index (χ3v) is 1.58. The normalized spacial score (nSPS) is 10.3. The lowest BCUT2D eigenvalue weighted by Gasteiger charge is -2.19. The number of carbonyl (C=O) groups excluding carboxylic acids is 3. The molecule has 2 N–H and O–H groups in total. The molecule has 0 spiro atoms. The molecule has 0 rings (SSSR count). The summed E-state index contributed by atoms with van der Waals surface area (Å²) in [6.07, 6.45) is 0.676. The molecule has 0 aromatic carbocycles. The summed E-state index contributed by atoms with van der Waals surface area (Å²) < 4.78 is 9.58. The summed E-state index contributed by atoms with van der Waals surface area (Å²) in [5.41, 5.74) is -0.603. The SMILES string of the molecule is C=CCOC(=O)NCC(=O)NCC(=O)OC(C)(C)C. The van der Waals surface area contributed by atoms with Crippen LogP contribution in [0.25, 0.3) is 0 Å². The van der Waals surface area contributed by atoms with Crippen LogP contribution >= 0.6 is 0 Å². The van der Waals surface area contributed by atoms with Crippen LogP contribution in [0.5, 0.6) is 0 Å². The van der Waals surface area contributed by atoms with Crippen LogP contribution in [0.1, 0.15) is 20.8 Å². The Morgan fingerprint density at radius 1 is 1.16 bits per heavy atom. The second-order valence-corrected chi connectivity index (χ2v) is 4.60. The number of hydrogen-bond acceptors (Lipinski definition) is 5. The topological polar surface area (TPSA) is 93.7 Å². The number of amides is 2. The highest BCUT2D eigenvalue weighted by Gasteiger charge is 2.16. The maximum atomic E-state index is 11.3. The molecule has 19 heavy (non-hydrogen) atoms. The van der Waals surface area contributed by atoms with Gasteiger partial charge in [0.1, 0.15) is 25.3 Å². The van der Waals surface area contributed by atoms with E-state index in [4.69, 9.17) is 4.74 Å². The van der Waals surface area contributed by atoms with Gasteiger partial charge in [0.25, 0.3) is 0 Å². The zero-order valence-corrected chi connectivity index (χ0v) is 11.4. The van der Waals surface area contributed by atoms with Crippen molar-refractivity contribution >= 4 is 18.0 Å². The van der Waals surface area contributed by atoms with E-state index in [-0.39, 0.29) is 19.7 Å². The van der Waals surface area contributed by atoms with Gasteiger partial charge in [-0.15, -0.1) is 0 Å². The highest BCUT2D eigenvalue weighted by atomic mass is 16.6. The van der Waals surface area contributed by atoms with Crippen LogP contribution in [0.2, 0.25) is 0 Å². The molecule has 108 valence electrons. The molecule has 7 heteroatoms. The van der Waals surface area contributed by atoms with Crippen LogP contribution < -0.4 is 10.6 Å².